The predicted molar refractivity (Wildman–Crippen MR) is 97.6 cm³/mol. The molecule has 1 heterocycles. The first kappa shape index (κ1) is 18.2. The van der Waals surface area contributed by atoms with Crippen LogP contribution in [0.1, 0.15) is 31.7 Å². The highest BCUT2D eigenvalue weighted by molar-refractivity contribution is 5.78. The monoisotopic (exact) mass is 346 g/mol. The van der Waals surface area contributed by atoms with Crippen molar-refractivity contribution in [1.29, 1.82) is 0 Å². The number of nitrogens with zero attached hydrogens (tertiary/aromatic N) is 1. The van der Waals surface area contributed by atoms with Gasteiger partial charge in [-0.05, 0) is 55.2 Å². The van der Waals surface area contributed by atoms with E-state index in [2.05, 4.69) is 17.1 Å². The van der Waals surface area contributed by atoms with Crippen LogP contribution in [0.15, 0.2) is 24.3 Å². The van der Waals surface area contributed by atoms with Gasteiger partial charge in [-0.25, -0.2) is 0 Å². The number of carbonyl (C=O) groups excluding carboxylic acids is 1. The minimum atomic E-state index is -0.499. The third kappa shape index (κ3) is 4.53. The number of methoxy groups -OCH3 is 1. The number of piperidine rings is 1. The van der Waals surface area contributed by atoms with Crippen molar-refractivity contribution >= 4 is 5.91 Å². The molecule has 1 amide bonds. The maximum Gasteiger partial charge on any atom is 0.234 e. The van der Waals surface area contributed by atoms with Crippen LogP contribution < -0.4 is 10.1 Å². The summed E-state index contributed by atoms with van der Waals surface area (Å²) in [4.78, 5) is 14.4. The Morgan fingerprint density at radius 2 is 2.08 bits per heavy atom. The first-order valence-corrected chi connectivity index (χ1v) is 9.35. The lowest BCUT2D eigenvalue weighted by atomic mass is 9.78. The Bertz CT molecular complexity index is 585. The number of hydrogen-bond acceptors (Lipinski definition) is 4. The van der Waals surface area contributed by atoms with E-state index < -0.39 is 5.60 Å². The Hall–Kier alpha value is -1.59. The summed E-state index contributed by atoms with van der Waals surface area (Å²) in [6, 6.07) is 7.92. The molecule has 1 saturated heterocycles. The summed E-state index contributed by atoms with van der Waals surface area (Å²) in [6.07, 6.45) is 3.92. The van der Waals surface area contributed by atoms with Gasteiger partial charge in [0.25, 0.3) is 0 Å². The highest BCUT2D eigenvalue weighted by Crippen LogP contribution is 2.47. The number of likely N-dealkylation sites (tertiary alicyclic amines) is 1. The topological polar surface area (TPSA) is 61.8 Å². The van der Waals surface area contributed by atoms with Crippen LogP contribution in [0.4, 0.5) is 0 Å². The van der Waals surface area contributed by atoms with Crippen molar-refractivity contribution in [1.82, 2.24) is 10.2 Å². The third-order valence-corrected chi connectivity index (χ3v) is 5.76. The number of nitrogens with one attached hydrogen (secondary N) is 1. The van der Waals surface area contributed by atoms with E-state index in [4.69, 9.17) is 4.74 Å². The SMILES string of the molecule is COc1ccc(CCNC(=O)CN2CCC(O)(C3CC3)C(C)C2)cc1. The van der Waals surface area contributed by atoms with Crippen LogP contribution in [0.5, 0.6) is 5.75 Å². The van der Waals surface area contributed by atoms with Crippen molar-refractivity contribution in [3.05, 3.63) is 29.8 Å². The lowest BCUT2D eigenvalue weighted by molar-refractivity contribution is -0.125. The van der Waals surface area contributed by atoms with Crippen LogP contribution in [0.3, 0.4) is 0 Å². The molecule has 1 aliphatic carbocycles. The van der Waals surface area contributed by atoms with Crippen molar-refractivity contribution < 1.29 is 14.6 Å². The maximum absolute atomic E-state index is 12.2. The summed E-state index contributed by atoms with van der Waals surface area (Å²) in [5.41, 5.74) is 0.684. The second-order valence-corrected chi connectivity index (χ2v) is 7.60. The minimum Gasteiger partial charge on any atom is -0.497 e. The zero-order valence-electron chi connectivity index (χ0n) is 15.3. The van der Waals surface area contributed by atoms with Gasteiger partial charge in [-0.15, -0.1) is 0 Å². The molecule has 0 radical (unpaired) electrons. The molecule has 2 atom stereocenters. The lowest BCUT2D eigenvalue weighted by Crippen LogP contribution is -2.54. The fraction of sp³-hybridized carbons (Fsp3) is 0.650. The largest absolute Gasteiger partial charge is 0.497 e. The van der Waals surface area contributed by atoms with E-state index >= 15 is 0 Å². The van der Waals surface area contributed by atoms with E-state index in [1.165, 1.54) is 5.56 Å². The number of amides is 1. The standard InChI is InChI=1S/C20H30N2O3/c1-15-13-22(12-10-20(15,24)17-5-6-17)14-19(23)21-11-9-16-3-7-18(25-2)8-4-16/h3-4,7-8,15,17,24H,5-6,9-14H2,1-2H3,(H,21,23). The molecule has 1 aromatic rings. The molecule has 138 valence electrons. The van der Waals surface area contributed by atoms with Gasteiger partial charge in [-0.2, -0.15) is 0 Å². The molecule has 5 heteroatoms. The van der Waals surface area contributed by atoms with Gasteiger partial charge in [-0.3, -0.25) is 9.69 Å². The summed E-state index contributed by atoms with van der Waals surface area (Å²) in [5, 5.41) is 13.8. The molecule has 2 fully saturated rings. The molecular formula is C20H30N2O3. The van der Waals surface area contributed by atoms with Crippen molar-refractivity contribution in [2.75, 3.05) is 33.3 Å². The zero-order chi connectivity index (χ0) is 17.9. The van der Waals surface area contributed by atoms with E-state index in [1.807, 2.05) is 24.3 Å². The molecule has 0 aromatic heterocycles. The van der Waals surface area contributed by atoms with Crippen LogP contribution in [-0.4, -0.2) is 54.8 Å². The van der Waals surface area contributed by atoms with Crippen molar-refractivity contribution in [2.24, 2.45) is 11.8 Å². The lowest BCUT2D eigenvalue weighted by Gasteiger charge is -2.43. The normalized spacial score (nSPS) is 27.1. The van der Waals surface area contributed by atoms with Gasteiger partial charge in [0, 0.05) is 19.6 Å². The first-order valence-electron chi connectivity index (χ1n) is 9.35. The summed E-state index contributed by atoms with van der Waals surface area (Å²) < 4.78 is 5.15. The summed E-state index contributed by atoms with van der Waals surface area (Å²) in [6.45, 7) is 4.79. The van der Waals surface area contributed by atoms with Gasteiger partial charge in [-0.1, -0.05) is 19.1 Å². The second kappa shape index (κ2) is 7.75. The molecule has 0 bridgehead atoms. The maximum atomic E-state index is 12.2. The van der Waals surface area contributed by atoms with Crippen LogP contribution in [0, 0.1) is 11.8 Å². The molecule has 1 aromatic carbocycles. The molecule has 1 aliphatic heterocycles. The number of hydrogen-bond donors (Lipinski definition) is 2. The van der Waals surface area contributed by atoms with Crippen LogP contribution in [0.2, 0.25) is 0 Å². The highest BCUT2D eigenvalue weighted by Gasteiger charge is 2.49. The summed E-state index contributed by atoms with van der Waals surface area (Å²) in [7, 11) is 1.65. The molecule has 2 unspecified atom stereocenters. The second-order valence-electron chi connectivity index (χ2n) is 7.60. The Kier molecular flexibility index (Phi) is 5.64. The van der Waals surface area contributed by atoms with Crippen LogP contribution in [-0.2, 0) is 11.2 Å². The third-order valence-electron chi connectivity index (χ3n) is 5.76. The van der Waals surface area contributed by atoms with Crippen LogP contribution in [0.25, 0.3) is 0 Å². The molecule has 5 nitrogen and oxygen atoms in total. The van der Waals surface area contributed by atoms with Gasteiger partial charge in [0.1, 0.15) is 5.75 Å². The molecule has 2 aliphatic rings. The molecule has 1 saturated carbocycles. The Balaban J connectivity index is 1.38. The average Bonchev–Trinajstić information content (AvgIpc) is 3.44. The van der Waals surface area contributed by atoms with Gasteiger partial charge < -0.3 is 15.2 Å². The van der Waals surface area contributed by atoms with E-state index in [0.717, 1.165) is 44.5 Å². The molecule has 0 spiro atoms. The Morgan fingerprint density at radius 3 is 2.68 bits per heavy atom. The zero-order valence-corrected chi connectivity index (χ0v) is 15.3. The molecular weight excluding hydrogens is 316 g/mol. The predicted octanol–water partition coefficient (Wildman–Crippen LogP) is 1.84. The van der Waals surface area contributed by atoms with Gasteiger partial charge in [0.05, 0.1) is 19.3 Å². The van der Waals surface area contributed by atoms with Gasteiger partial charge in [0.2, 0.25) is 5.91 Å². The smallest absolute Gasteiger partial charge is 0.234 e. The Morgan fingerprint density at radius 1 is 1.36 bits per heavy atom. The number of aliphatic hydroxyl groups is 1. The van der Waals surface area contributed by atoms with E-state index in [1.54, 1.807) is 7.11 Å². The number of rotatable bonds is 7. The van der Waals surface area contributed by atoms with E-state index in [-0.39, 0.29) is 11.8 Å². The van der Waals surface area contributed by atoms with E-state index in [9.17, 15) is 9.90 Å². The quantitative estimate of drug-likeness (QED) is 0.791. The summed E-state index contributed by atoms with van der Waals surface area (Å²) >= 11 is 0. The summed E-state index contributed by atoms with van der Waals surface area (Å²) in [5.74, 6) is 1.64. The van der Waals surface area contributed by atoms with Crippen molar-refractivity contribution in [2.45, 2.75) is 38.2 Å². The Labute approximate surface area is 150 Å². The minimum absolute atomic E-state index is 0.0672. The average molecular weight is 346 g/mol. The van der Waals surface area contributed by atoms with E-state index in [0.29, 0.717) is 19.0 Å². The van der Waals surface area contributed by atoms with Crippen molar-refractivity contribution in [3.8, 4) is 5.75 Å². The molecule has 2 N–H and O–H groups in total. The number of benzene rings is 1. The molecule has 3 rings (SSSR count). The fourth-order valence-corrected chi connectivity index (χ4v) is 3.95. The first-order chi connectivity index (χ1) is 12.0. The van der Waals surface area contributed by atoms with Crippen LogP contribution >= 0.6 is 0 Å². The molecule has 25 heavy (non-hydrogen) atoms. The van der Waals surface area contributed by atoms with Crippen molar-refractivity contribution in [3.63, 3.8) is 0 Å². The highest BCUT2D eigenvalue weighted by atomic mass is 16.5. The fourth-order valence-electron chi connectivity index (χ4n) is 3.95. The number of ether oxygens (including phenoxy) is 1. The van der Waals surface area contributed by atoms with Gasteiger partial charge >= 0.3 is 0 Å². The van der Waals surface area contributed by atoms with Gasteiger partial charge in [0.15, 0.2) is 0 Å². The number of carbonyl (C=O) groups is 1.